The number of ether oxygens (including phenoxy) is 1. The number of carbonyl (C=O) groups excluding carboxylic acids is 2. The lowest BCUT2D eigenvalue weighted by Gasteiger charge is -2.12. The third kappa shape index (κ3) is 3.82. The summed E-state index contributed by atoms with van der Waals surface area (Å²) in [6.45, 7) is 3.83. The summed E-state index contributed by atoms with van der Waals surface area (Å²) in [4.78, 5) is 22.3. The van der Waals surface area contributed by atoms with E-state index in [-0.39, 0.29) is 0 Å². The molecule has 0 heterocycles. The number of amides is 2. The summed E-state index contributed by atoms with van der Waals surface area (Å²) in [7, 11) is 0. The smallest absolute Gasteiger partial charge is 0.410 e. The molecule has 0 atom stereocenters. The Hall–Kier alpha value is -2.82. The van der Waals surface area contributed by atoms with Gasteiger partial charge in [-0.25, -0.2) is 4.79 Å². The van der Waals surface area contributed by atoms with Crippen LogP contribution in [0, 0.1) is 13.8 Å². The molecule has 0 aliphatic rings. The van der Waals surface area contributed by atoms with E-state index >= 15 is 0 Å². The van der Waals surface area contributed by atoms with Gasteiger partial charge in [0.2, 0.25) is 6.41 Å². The van der Waals surface area contributed by atoms with Crippen LogP contribution in [0.5, 0.6) is 5.75 Å². The van der Waals surface area contributed by atoms with Crippen LogP contribution in [0.1, 0.15) is 11.1 Å². The number of carbonyl (C=O) groups is 2. The molecule has 21 heavy (non-hydrogen) atoms. The number of benzene rings is 2. The van der Waals surface area contributed by atoms with Crippen molar-refractivity contribution in [2.24, 2.45) is 0 Å². The first-order valence-corrected chi connectivity index (χ1v) is 6.45. The van der Waals surface area contributed by atoms with Gasteiger partial charge in [-0.3, -0.25) is 10.1 Å². The molecule has 5 heteroatoms. The van der Waals surface area contributed by atoms with Crippen molar-refractivity contribution in [2.75, 3.05) is 10.6 Å². The van der Waals surface area contributed by atoms with E-state index in [2.05, 4.69) is 10.6 Å². The Kier molecular flexibility index (Phi) is 4.56. The number of para-hydroxylation sites is 1. The highest BCUT2D eigenvalue weighted by atomic mass is 16.6. The fourth-order valence-corrected chi connectivity index (χ4v) is 1.96. The lowest BCUT2D eigenvalue weighted by atomic mass is 10.1. The fraction of sp³-hybridized carbons (Fsp3) is 0.125. The fourth-order valence-electron chi connectivity index (χ4n) is 1.96. The second-order valence-electron chi connectivity index (χ2n) is 4.57. The maximum Gasteiger partial charge on any atom is 0.417 e. The van der Waals surface area contributed by atoms with Crippen LogP contribution in [0.3, 0.4) is 0 Å². The maximum atomic E-state index is 11.9. The van der Waals surface area contributed by atoms with Gasteiger partial charge in [0.25, 0.3) is 0 Å². The Morgan fingerprint density at radius 3 is 2.43 bits per heavy atom. The van der Waals surface area contributed by atoms with Gasteiger partial charge < -0.3 is 10.1 Å². The Morgan fingerprint density at radius 1 is 1.10 bits per heavy atom. The monoisotopic (exact) mass is 284 g/mol. The molecule has 2 aromatic carbocycles. The van der Waals surface area contributed by atoms with Gasteiger partial charge in [-0.2, -0.15) is 0 Å². The maximum absolute atomic E-state index is 11.9. The van der Waals surface area contributed by atoms with Crippen LogP contribution < -0.4 is 15.4 Å². The highest BCUT2D eigenvalue weighted by molar-refractivity contribution is 5.88. The van der Waals surface area contributed by atoms with Crippen LogP contribution in [0.4, 0.5) is 16.2 Å². The van der Waals surface area contributed by atoms with Gasteiger partial charge in [0.05, 0.1) is 0 Å². The van der Waals surface area contributed by atoms with Gasteiger partial charge in [0.1, 0.15) is 5.75 Å². The van der Waals surface area contributed by atoms with E-state index in [1.54, 1.807) is 24.3 Å². The Bertz CT molecular complexity index is 648. The second-order valence-corrected chi connectivity index (χ2v) is 4.57. The highest BCUT2D eigenvalue weighted by Gasteiger charge is 2.09. The van der Waals surface area contributed by atoms with Crippen LogP contribution in [0.15, 0.2) is 42.5 Å². The summed E-state index contributed by atoms with van der Waals surface area (Å²) in [5, 5.41) is 5.22. The van der Waals surface area contributed by atoms with E-state index in [9.17, 15) is 9.59 Å². The van der Waals surface area contributed by atoms with Crippen molar-refractivity contribution in [1.29, 1.82) is 0 Å². The molecule has 0 spiro atoms. The van der Waals surface area contributed by atoms with Gasteiger partial charge in [0, 0.05) is 17.4 Å². The van der Waals surface area contributed by atoms with Crippen molar-refractivity contribution < 1.29 is 14.3 Å². The summed E-state index contributed by atoms with van der Waals surface area (Å²) in [5.74, 6) is 0.352. The zero-order valence-corrected chi connectivity index (χ0v) is 11.8. The molecule has 0 aliphatic carbocycles. The number of hydrogen-bond acceptors (Lipinski definition) is 3. The summed E-state index contributed by atoms with van der Waals surface area (Å²) in [6, 6.07) is 12.3. The first-order valence-electron chi connectivity index (χ1n) is 6.45. The molecule has 5 nitrogen and oxygen atoms in total. The number of hydrogen-bond donors (Lipinski definition) is 2. The first-order chi connectivity index (χ1) is 10.1. The van der Waals surface area contributed by atoms with Gasteiger partial charge in [0.15, 0.2) is 0 Å². The zero-order valence-electron chi connectivity index (χ0n) is 11.8. The Balaban J connectivity index is 2.08. The third-order valence-electron chi connectivity index (χ3n) is 2.98. The standard InChI is InChI=1S/C16H16N2O3/c1-11-5-3-6-12(2)15(11)18-16(20)21-14-8-4-7-13(9-14)17-10-19/h3-10H,1-2H3,(H,17,19)(H,18,20). The molecule has 0 aliphatic heterocycles. The van der Waals surface area contributed by atoms with Gasteiger partial charge in [-0.15, -0.1) is 0 Å². The topological polar surface area (TPSA) is 67.4 Å². The second kappa shape index (κ2) is 6.56. The predicted molar refractivity (Wildman–Crippen MR) is 81.7 cm³/mol. The number of aryl methyl sites for hydroxylation is 2. The molecule has 0 saturated heterocycles. The predicted octanol–water partition coefficient (Wildman–Crippen LogP) is 3.48. The molecular weight excluding hydrogens is 268 g/mol. The van der Waals surface area contributed by atoms with Crippen molar-refractivity contribution in [2.45, 2.75) is 13.8 Å². The number of anilines is 2. The van der Waals surface area contributed by atoms with Crippen molar-refractivity contribution in [3.8, 4) is 5.75 Å². The quantitative estimate of drug-likeness (QED) is 0.845. The minimum atomic E-state index is -0.573. The lowest BCUT2D eigenvalue weighted by Crippen LogP contribution is -2.18. The Labute approximate surface area is 122 Å². The molecule has 0 unspecified atom stereocenters. The molecule has 2 rings (SSSR count). The molecular formula is C16H16N2O3. The van der Waals surface area contributed by atoms with E-state index in [1.807, 2.05) is 32.0 Å². The molecule has 0 saturated carbocycles. The van der Waals surface area contributed by atoms with Crippen LogP contribution in [0.25, 0.3) is 0 Å². The van der Waals surface area contributed by atoms with Crippen molar-refractivity contribution in [3.63, 3.8) is 0 Å². The van der Waals surface area contributed by atoms with E-state index in [1.165, 1.54) is 0 Å². The molecule has 2 N–H and O–H groups in total. The minimum absolute atomic E-state index is 0.352. The SMILES string of the molecule is Cc1cccc(C)c1NC(=O)Oc1cccc(NC=O)c1. The van der Waals surface area contributed by atoms with Crippen LogP contribution >= 0.6 is 0 Å². The first kappa shape index (κ1) is 14.6. The highest BCUT2D eigenvalue weighted by Crippen LogP contribution is 2.21. The zero-order chi connectivity index (χ0) is 15.2. The third-order valence-corrected chi connectivity index (χ3v) is 2.98. The molecule has 0 bridgehead atoms. The molecule has 2 aromatic rings. The summed E-state index contributed by atoms with van der Waals surface area (Å²) in [5.41, 5.74) is 3.22. The van der Waals surface area contributed by atoms with Gasteiger partial charge >= 0.3 is 6.09 Å². The summed E-state index contributed by atoms with van der Waals surface area (Å²) < 4.78 is 5.21. The lowest BCUT2D eigenvalue weighted by molar-refractivity contribution is -0.105. The van der Waals surface area contributed by atoms with E-state index in [0.717, 1.165) is 16.8 Å². The molecule has 2 amide bonds. The van der Waals surface area contributed by atoms with E-state index in [0.29, 0.717) is 17.8 Å². The number of nitrogens with one attached hydrogen (secondary N) is 2. The van der Waals surface area contributed by atoms with Crippen LogP contribution in [-0.2, 0) is 4.79 Å². The minimum Gasteiger partial charge on any atom is -0.410 e. The van der Waals surface area contributed by atoms with Gasteiger partial charge in [-0.1, -0.05) is 24.3 Å². The average Bonchev–Trinajstić information content (AvgIpc) is 2.44. The number of rotatable bonds is 4. The van der Waals surface area contributed by atoms with Crippen molar-refractivity contribution in [1.82, 2.24) is 0 Å². The molecule has 0 aromatic heterocycles. The summed E-state index contributed by atoms with van der Waals surface area (Å²) in [6.07, 6.45) is -0.00812. The average molecular weight is 284 g/mol. The van der Waals surface area contributed by atoms with Crippen molar-refractivity contribution in [3.05, 3.63) is 53.6 Å². The van der Waals surface area contributed by atoms with Gasteiger partial charge in [-0.05, 0) is 37.1 Å². The van der Waals surface area contributed by atoms with E-state index in [4.69, 9.17) is 4.74 Å². The summed E-state index contributed by atoms with van der Waals surface area (Å²) >= 11 is 0. The molecule has 0 fully saturated rings. The Morgan fingerprint density at radius 2 is 1.76 bits per heavy atom. The van der Waals surface area contributed by atoms with Crippen LogP contribution in [0.2, 0.25) is 0 Å². The largest absolute Gasteiger partial charge is 0.417 e. The normalized spacial score (nSPS) is 9.81. The molecule has 0 radical (unpaired) electrons. The van der Waals surface area contributed by atoms with Crippen molar-refractivity contribution >= 4 is 23.9 Å². The molecule has 108 valence electrons. The van der Waals surface area contributed by atoms with E-state index < -0.39 is 6.09 Å². The van der Waals surface area contributed by atoms with Crippen LogP contribution in [-0.4, -0.2) is 12.5 Å².